The van der Waals surface area contributed by atoms with Crippen LogP contribution in [-0.4, -0.2) is 37.8 Å². The number of imidazole rings is 1. The summed E-state index contributed by atoms with van der Waals surface area (Å²) >= 11 is 5.94. The Bertz CT molecular complexity index is 1230. The zero-order valence-electron chi connectivity index (χ0n) is 18.9. The zero-order chi connectivity index (χ0) is 23.9. The van der Waals surface area contributed by atoms with Gasteiger partial charge in [-0.1, -0.05) is 23.7 Å². The molecule has 0 bridgehead atoms. The summed E-state index contributed by atoms with van der Waals surface area (Å²) in [6.45, 7) is 1.81. The van der Waals surface area contributed by atoms with E-state index in [1.54, 1.807) is 10.8 Å². The molecule has 0 aliphatic rings. The van der Waals surface area contributed by atoms with Crippen molar-refractivity contribution < 1.29 is 14.6 Å². The molecule has 3 N–H and O–H groups in total. The molecule has 0 fully saturated rings. The number of rotatable bonds is 12. The number of benzene rings is 2. The van der Waals surface area contributed by atoms with Gasteiger partial charge >= 0.3 is 0 Å². The van der Waals surface area contributed by atoms with Crippen molar-refractivity contribution in [2.75, 3.05) is 6.61 Å². The number of aryl methyl sites for hydroxylation is 2. The molecule has 2 heterocycles. The van der Waals surface area contributed by atoms with Gasteiger partial charge in [0.25, 0.3) is 5.91 Å². The van der Waals surface area contributed by atoms with Crippen LogP contribution in [0.4, 0.5) is 0 Å². The third-order valence-electron chi connectivity index (χ3n) is 5.78. The molecule has 1 amide bonds. The first-order valence-corrected chi connectivity index (χ1v) is 11.8. The van der Waals surface area contributed by atoms with Crippen molar-refractivity contribution in [1.82, 2.24) is 14.1 Å². The van der Waals surface area contributed by atoms with Crippen molar-refractivity contribution in [2.24, 2.45) is 5.73 Å². The maximum atomic E-state index is 11.1. The largest absolute Gasteiger partial charge is 0.494 e. The van der Waals surface area contributed by atoms with Crippen molar-refractivity contribution in [3.8, 4) is 5.75 Å². The fourth-order valence-corrected chi connectivity index (χ4v) is 4.11. The highest BCUT2D eigenvalue weighted by Gasteiger charge is 2.10. The quantitative estimate of drug-likeness (QED) is 0.293. The molecule has 0 aliphatic carbocycles. The number of nitrogens with two attached hydrogens (primary N) is 1. The van der Waals surface area contributed by atoms with Gasteiger partial charge in [-0.2, -0.15) is 0 Å². The van der Waals surface area contributed by atoms with Gasteiger partial charge in [0.15, 0.2) is 0 Å². The zero-order valence-corrected chi connectivity index (χ0v) is 19.7. The average Bonchev–Trinajstić information content (AvgIpc) is 3.45. The SMILES string of the molecule is NC(=O)c1cn(C[C@@H](O)CCCn2ccc3ccc(OCCCc4ccc(Cl)cc4)cc32)cn1. The molecule has 0 saturated heterocycles. The van der Waals surface area contributed by atoms with E-state index >= 15 is 0 Å². The predicted molar refractivity (Wildman–Crippen MR) is 133 cm³/mol. The van der Waals surface area contributed by atoms with Gasteiger partial charge in [-0.3, -0.25) is 4.79 Å². The third-order valence-corrected chi connectivity index (χ3v) is 6.03. The van der Waals surface area contributed by atoms with Crippen LogP contribution in [0.3, 0.4) is 0 Å². The minimum Gasteiger partial charge on any atom is -0.494 e. The second-order valence-electron chi connectivity index (χ2n) is 8.42. The van der Waals surface area contributed by atoms with Crippen LogP contribution in [0.25, 0.3) is 10.9 Å². The van der Waals surface area contributed by atoms with Gasteiger partial charge < -0.3 is 24.7 Å². The Hall–Kier alpha value is -3.29. The molecule has 4 aromatic rings. The van der Waals surface area contributed by atoms with E-state index in [4.69, 9.17) is 22.1 Å². The Balaban J connectivity index is 1.25. The monoisotopic (exact) mass is 480 g/mol. The van der Waals surface area contributed by atoms with Crippen molar-refractivity contribution in [3.05, 3.63) is 83.5 Å². The lowest BCUT2D eigenvalue weighted by molar-refractivity contribution is 0.0995. The highest BCUT2D eigenvalue weighted by Crippen LogP contribution is 2.23. The molecule has 0 aliphatic heterocycles. The van der Waals surface area contributed by atoms with Crippen molar-refractivity contribution in [3.63, 3.8) is 0 Å². The number of aromatic nitrogens is 3. The molecule has 0 radical (unpaired) electrons. The van der Waals surface area contributed by atoms with Crippen LogP contribution in [0, 0.1) is 0 Å². The number of amides is 1. The highest BCUT2D eigenvalue weighted by molar-refractivity contribution is 6.30. The topological polar surface area (TPSA) is 95.3 Å². The van der Waals surface area contributed by atoms with Gasteiger partial charge in [-0.15, -0.1) is 0 Å². The van der Waals surface area contributed by atoms with Gasteiger partial charge in [0, 0.05) is 36.6 Å². The normalized spacial score (nSPS) is 12.2. The fourth-order valence-electron chi connectivity index (χ4n) is 3.98. The summed E-state index contributed by atoms with van der Waals surface area (Å²) in [6.07, 6.45) is 7.92. The first-order valence-electron chi connectivity index (χ1n) is 11.4. The number of hydrogen-bond donors (Lipinski definition) is 2. The minimum atomic E-state index is -0.572. The number of aliphatic hydroxyl groups is 1. The summed E-state index contributed by atoms with van der Waals surface area (Å²) in [4.78, 5) is 15.1. The molecule has 0 spiro atoms. The molecule has 8 heteroatoms. The lowest BCUT2D eigenvalue weighted by atomic mass is 10.1. The summed E-state index contributed by atoms with van der Waals surface area (Å²) in [7, 11) is 0. The first kappa shape index (κ1) is 23.9. The molecule has 34 heavy (non-hydrogen) atoms. The Kier molecular flexibility index (Phi) is 7.87. The molecular weight excluding hydrogens is 452 g/mol. The molecule has 0 unspecified atom stereocenters. The Morgan fingerprint density at radius 1 is 1.15 bits per heavy atom. The van der Waals surface area contributed by atoms with Crippen LogP contribution in [0.1, 0.15) is 35.3 Å². The minimum absolute atomic E-state index is 0.203. The van der Waals surface area contributed by atoms with Crippen molar-refractivity contribution in [2.45, 2.75) is 44.9 Å². The number of hydrogen-bond acceptors (Lipinski definition) is 4. The van der Waals surface area contributed by atoms with Crippen LogP contribution < -0.4 is 10.5 Å². The van der Waals surface area contributed by atoms with Crippen molar-refractivity contribution >= 4 is 28.4 Å². The third kappa shape index (κ3) is 6.40. The molecule has 2 aromatic carbocycles. The fraction of sp³-hybridized carbons (Fsp3) is 0.308. The van der Waals surface area contributed by atoms with Gasteiger partial charge in [0.1, 0.15) is 11.4 Å². The molecule has 0 saturated carbocycles. The predicted octanol–water partition coefficient (Wildman–Crippen LogP) is 4.44. The summed E-state index contributed by atoms with van der Waals surface area (Å²) in [6, 6.07) is 16.2. The summed E-state index contributed by atoms with van der Waals surface area (Å²) in [5.74, 6) is 0.284. The lowest BCUT2D eigenvalue weighted by Crippen LogP contribution is -2.16. The van der Waals surface area contributed by atoms with E-state index in [-0.39, 0.29) is 5.69 Å². The van der Waals surface area contributed by atoms with E-state index in [2.05, 4.69) is 33.9 Å². The average molecular weight is 481 g/mol. The number of aliphatic hydroxyl groups excluding tert-OH is 1. The van der Waals surface area contributed by atoms with Gasteiger partial charge in [-0.05, 0) is 67.0 Å². The molecule has 2 aromatic heterocycles. The summed E-state index contributed by atoms with van der Waals surface area (Å²) < 4.78 is 9.86. The van der Waals surface area contributed by atoms with Crippen LogP contribution >= 0.6 is 11.6 Å². The van der Waals surface area contributed by atoms with Crippen LogP contribution in [0.15, 0.2) is 67.3 Å². The molecular formula is C26H29ClN4O3. The Labute approximate surface area is 203 Å². The van der Waals surface area contributed by atoms with Gasteiger partial charge in [0.2, 0.25) is 0 Å². The van der Waals surface area contributed by atoms with Gasteiger partial charge in [-0.25, -0.2) is 4.98 Å². The number of primary amides is 1. The van der Waals surface area contributed by atoms with Crippen LogP contribution in [0.5, 0.6) is 5.75 Å². The summed E-state index contributed by atoms with van der Waals surface area (Å²) in [5.41, 5.74) is 7.79. The molecule has 1 atom stereocenters. The van der Waals surface area contributed by atoms with E-state index in [0.717, 1.165) is 47.5 Å². The number of ether oxygens (including phenoxy) is 1. The molecule has 7 nitrogen and oxygen atoms in total. The molecule has 178 valence electrons. The maximum Gasteiger partial charge on any atom is 0.268 e. The van der Waals surface area contributed by atoms with E-state index in [9.17, 15) is 9.90 Å². The van der Waals surface area contributed by atoms with Crippen LogP contribution in [0.2, 0.25) is 5.02 Å². The highest BCUT2D eigenvalue weighted by atomic mass is 35.5. The lowest BCUT2D eigenvalue weighted by Gasteiger charge is -2.12. The Morgan fingerprint density at radius 2 is 1.97 bits per heavy atom. The van der Waals surface area contributed by atoms with E-state index < -0.39 is 12.0 Å². The number of fused-ring (bicyclic) bond motifs is 1. The van der Waals surface area contributed by atoms with Crippen LogP contribution in [-0.2, 0) is 19.5 Å². The molecule has 4 rings (SSSR count). The van der Waals surface area contributed by atoms with Gasteiger partial charge in [0.05, 0.1) is 24.6 Å². The number of nitrogens with zero attached hydrogens (tertiary/aromatic N) is 3. The first-order chi connectivity index (χ1) is 16.5. The van der Waals surface area contributed by atoms with E-state index in [1.165, 1.54) is 11.9 Å². The second-order valence-corrected chi connectivity index (χ2v) is 8.86. The smallest absolute Gasteiger partial charge is 0.268 e. The maximum absolute atomic E-state index is 11.1. The second kappa shape index (κ2) is 11.2. The number of carbonyl (C=O) groups excluding carboxylic acids is 1. The Morgan fingerprint density at radius 3 is 2.74 bits per heavy atom. The summed E-state index contributed by atoms with van der Waals surface area (Å²) in [5, 5.41) is 12.3. The number of carbonyl (C=O) groups is 1. The standard InChI is InChI=1S/C26H29ClN4O3/c27-21-8-5-19(6-9-21)3-2-14-34-23-10-7-20-11-13-31(25(20)15-23)12-1-4-22(32)16-30-17-24(26(28)33)29-18-30/h5-11,13,15,17-18,22,32H,1-4,12,14,16H2,(H2,28,33)/t22-/m0/s1. The number of halogens is 1. The van der Waals surface area contributed by atoms with E-state index in [1.807, 2.05) is 30.3 Å². The van der Waals surface area contributed by atoms with Crippen molar-refractivity contribution in [1.29, 1.82) is 0 Å². The van der Waals surface area contributed by atoms with E-state index in [0.29, 0.717) is 19.6 Å².